The highest BCUT2D eigenvalue weighted by atomic mass is 16.5. The van der Waals surface area contributed by atoms with Gasteiger partial charge in [0.1, 0.15) is 11.5 Å². The summed E-state index contributed by atoms with van der Waals surface area (Å²) in [5.41, 5.74) is 3.27. The number of hydrogen-bond donors (Lipinski definition) is 1. The van der Waals surface area contributed by atoms with Gasteiger partial charge in [0, 0.05) is 6.54 Å². The summed E-state index contributed by atoms with van der Waals surface area (Å²) in [6, 6.07) is 13.6. The Hall–Kier alpha value is -2.49. The van der Waals surface area contributed by atoms with Crippen molar-refractivity contribution >= 4 is 5.91 Å². The average molecular weight is 313 g/mol. The molecule has 0 fully saturated rings. The normalized spacial score (nSPS) is 10.2. The molecule has 2 rings (SSSR count). The molecule has 0 atom stereocenters. The molecule has 0 aliphatic carbocycles. The summed E-state index contributed by atoms with van der Waals surface area (Å²) >= 11 is 0. The number of carbonyl (C=O) groups is 1. The van der Waals surface area contributed by atoms with Crippen molar-refractivity contribution in [3.63, 3.8) is 0 Å². The van der Waals surface area contributed by atoms with Gasteiger partial charge in [-0.15, -0.1) is 0 Å². The highest BCUT2D eigenvalue weighted by molar-refractivity contribution is 5.78. The topological polar surface area (TPSA) is 47.6 Å². The van der Waals surface area contributed by atoms with Gasteiger partial charge in [0.05, 0.1) is 20.6 Å². The number of benzene rings is 2. The minimum absolute atomic E-state index is 0.0281. The monoisotopic (exact) mass is 313 g/mol. The summed E-state index contributed by atoms with van der Waals surface area (Å²) in [6.07, 6.45) is 1.19. The number of hydrogen-bond acceptors (Lipinski definition) is 3. The zero-order valence-corrected chi connectivity index (χ0v) is 13.9. The van der Waals surface area contributed by atoms with E-state index in [1.807, 2.05) is 43.3 Å². The molecule has 0 heterocycles. The second-order valence-corrected chi connectivity index (χ2v) is 5.43. The lowest BCUT2D eigenvalue weighted by Crippen LogP contribution is -2.27. The van der Waals surface area contributed by atoms with E-state index in [1.165, 1.54) is 5.56 Å². The van der Waals surface area contributed by atoms with E-state index >= 15 is 0 Å². The number of carbonyl (C=O) groups excluding carboxylic acids is 1. The van der Waals surface area contributed by atoms with E-state index in [0.29, 0.717) is 13.0 Å². The van der Waals surface area contributed by atoms with Gasteiger partial charge in [-0.25, -0.2) is 0 Å². The Balaban J connectivity index is 1.79. The third-order valence-electron chi connectivity index (χ3n) is 3.72. The third-order valence-corrected chi connectivity index (χ3v) is 3.72. The molecule has 0 unspecified atom stereocenters. The molecule has 23 heavy (non-hydrogen) atoms. The zero-order valence-electron chi connectivity index (χ0n) is 13.9. The maximum Gasteiger partial charge on any atom is 0.224 e. The molecule has 0 saturated heterocycles. The van der Waals surface area contributed by atoms with Gasteiger partial charge in [-0.05, 0) is 48.2 Å². The zero-order chi connectivity index (χ0) is 16.7. The first-order chi connectivity index (χ1) is 11.1. The number of aryl methyl sites for hydroxylation is 1. The Morgan fingerprint density at radius 3 is 2.30 bits per heavy atom. The lowest BCUT2D eigenvalue weighted by atomic mass is 10.1. The maximum absolute atomic E-state index is 12.0. The van der Waals surface area contributed by atoms with Crippen LogP contribution in [-0.2, 0) is 17.6 Å². The molecule has 0 saturated carbocycles. The van der Waals surface area contributed by atoms with E-state index in [0.717, 1.165) is 29.0 Å². The van der Waals surface area contributed by atoms with Crippen LogP contribution in [0, 0.1) is 6.92 Å². The molecular weight excluding hydrogens is 290 g/mol. The fraction of sp³-hybridized carbons (Fsp3) is 0.316. The van der Waals surface area contributed by atoms with Gasteiger partial charge in [0.15, 0.2) is 0 Å². The number of ether oxygens (including phenoxy) is 2. The van der Waals surface area contributed by atoms with Crippen LogP contribution in [0.4, 0.5) is 0 Å². The Morgan fingerprint density at radius 2 is 1.70 bits per heavy atom. The van der Waals surface area contributed by atoms with Crippen LogP contribution < -0.4 is 14.8 Å². The Kier molecular flexibility index (Phi) is 6.03. The number of rotatable bonds is 7. The summed E-state index contributed by atoms with van der Waals surface area (Å²) < 4.78 is 10.4. The van der Waals surface area contributed by atoms with Gasteiger partial charge in [0.2, 0.25) is 5.91 Å². The summed E-state index contributed by atoms with van der Waals surface area (Å²) in [5, 5.41) is 2.95. The van der Waals surface area contributed by atoms with Crippen molar-refractivity contribution in [1.82, 2.24) is 5.32 Å². The largest absolute Gasteiger partial charge is 0.497 e. The van der Waals surface area contributed by atoms with Crippen LogP contribution in [0.5, 0.6) is 11.5 Å². The van der Waals surface area contributed by atoms with Crippen LogP contribution >= 0.6 is 0 Å². The van der Waals surface area contributed by atoms with E-state index in [2.05, 4.69) is 11.4 Å². The Morgan fingerprint density at radius 1 is 1.00 bits per heavy atom. The second-order valence-electron chi connectivity index (χ2n) is 5.43. The maximum atomic E-state index is 12.0. The van der Waals surface area contributed by atoms with Crippen molar-refractivity contribution in [3.05, 3.63) is 59.2 Å². The van der Waals surface area contributed by atoms with Crippen molar-refractivity contribution in [3.8, 4) is 11.5 Å². The van der Waals surface area contributed by atoms with E-state index in [-0.39, 0.29) is 5.91 Å². The predicted molar refractivity (Wildman–Crippen MR) is 91.1 cm³/mol. The van der Waals surface area contributed by atoms with Crippen molar-refractivity contribution in [2.24, 2.45) is 0 Å². The molecule has 0 aliphatic rings. The second kappa shape index (κ2) is 8.22. The number of nitrogens with one attached hydrogen (secondary N) is 1. The molecule has 1 N–H and O–H groups in total. The lowest BCUT2D eigenvalue weighted by molar-refractivity contribution is -0.120. The molecule has 0 aliphatic heterocycles. The van der Waals surface area contributed by atoms with Crippen molar-refractivity contribution in [2.45, 2.75) is 19.8 Å². The lowest BCUT2D eigenvalue weighted by Gasteiger charge is -2.09. The molecule has 0 radical (unpaired) electrons. The highest BCUT2D eigenvalue weighted by Gasteiger charge is 2.04. The first-order valence-electron chi connectivity index (χ1n) is 7.65. The standard InChI is InChI=1S/C19H23NO3/c1-14-12-16(6-9-18(14)23-3)10-11-20-19(21)13-15-4-7-17(22-2)8-5-15/h4-9,12H,10-11,13H2,1-3H3,(H,20,21). The number of methoxy groups -OCH3 is 2. The molecule has 0 aromatic heterocycles. The quantitative estimate of drug-likeness (QED) is 0.855. The van der Waals surface area contributed by atoms with Crippen LogP contribution in [0.2, 0.25) is 0 Å². The van der Waals surface area contributed by atoms with Crippen molar-refractivity contribution < 1.29 is 14.3 Å². The van der Waals surface area contributed by atoms with Gasteiger partial charge in [0.25, 0.3) is 0 Å². The molecule has 2 aromatic rings. The molecule has 2 aromatic carbocycles. The molecule has 122 valence electrons. The Bertz CT molecular complexity index is 650. The molecule has 0 bridgehead atoms. The van der Waals surface area contributed by atoms with Crippen molar-refractivity contribution in [2.75, 3.05) is 20.8 Å². The van der Waals surface area contributed by atoms with Gasteiger partial charge < -0.3 is 14.8 Å². The SMILES string of the molecule is COc1ccc(CC(=O)NCCc2ccc(OC)c(C)c2)cc1. The third kappa shape index (κ3) is 5.02. The molecule has 1 amide bonds. The van der Waals surface area contributed by atoms with E-state index in [9.17, 15) is 4.79 Å². The Labute approximate surface area is 137 Å². The van der Waals surface area contributed by atoms with Crippen LogP contribution in [0.1, 0.15) is 16.7 Å². The molecular formula is C19H23NO3. The van der Waals surface area contributed by atoms with Gasteiger partial charge >= 0.3 is 0 Å². The van der Waals surface area contributed by atoms with E-state index in [1.54, 1.807) is 14.2 Å². The number of amides is 1. The predicted octanol–water partition coefficient (Wildman–Crippen LogP) is 2.91. The fourth-order valence-corrected chi connectivity index (χ4v) is 2.43. The fourth-order valence-electron chi connectivity index (χ4n) is 2.43. The smallest absolute Gasteiger partial charge is 0.224 e. The average Bonchev–Trinajstić information content (AvgIpc) is 2.56. The van der Waals surface area contributed by atoms with Gasteiger partial charge in [-0.1, -0.05) is 24.3 Å². The van der Waals surface area contributed by atoms with Crippen LogP contribution in [0.3, 0.4) is 0 Å². The van der Waals surface area contributed by atoms with E-state index in [4.69, 9.17) is 9.47 Å². The van der Waals surface area contributed by atoms with E-state index < -0.39 is 0 Å². The first kappa shape index (κ1) is 16.9. The first-order valence-corrected chi connectivity index (χ1v) is 7.65. The highest BCUT2D eigenvalue weighted by Crippen LogP contribution is 2.18. The summed E-state index contributed by atoms with van der Waals surface area (Å²) in [7, 11) is 3.30. The summed E-state index contributed by atoms with van der Waals surface area (Å²) in [6.45, 7) is 2.64. The molecule has 0 spiro atoms. The molecule has 4 heteroatoms. The van der Waals surface area contributed by atoms with Crippen LogP contribution in [-0.4, -0.2) is 26.7 Å². The summed E-state index contributed by atoms with van der Waals surface area (Å²) in [4.78, 5) is 12.0. The van der Waals surface area contributed by atoms with Gasteiger partial charge in [-0.2, -0.15) is 0 Å². The van der Waals surface area contributed by atoms with Gasteiger partial charge in [-0.3, -0.25) is 4.79 Å². The molecule has 4 nitrogen and oxygen atoms in total. The summed E-state index contributed by atoms with van der Waals surface area (Å²) in [5.74, 6) is 1.71. The van der Waals surface area contributed by atoms with Crippen LogP contribution in [0.25, 0.3) is 0 Å². The minimum atomic E-state index is 0.0281. The minimum Gasteiger partial charge on any atom is -0.497 e. The van der Waals surface area contributed by atoms with Crippen LogP contribution in [0.15, 0.2) is 42.5 Å². The van der Waals surface area contributed by atoms with Crippen molar-refractivity contribution in [1.29, 1.82) is 0 Å².